The first-order valence-corrected chi connectivity index (χ1v) is 7.66. The second-order valence-corrected chi connectivity index (χ2v) is 6.02. The minimum Gasteiger partial charge on any atom is -0.304 e. The number of fused-ring (bicyclic) bond motifs is 1. The quantitative estimate of drug-likeness (QED) is 0.935. The van der Waals surface area contributed by atoms with Crippen molar-refractivity contribution in [2.24, 2.45) is 0 Å². The minimum atomic E-state index is 0.183. The number of benzene rings is 1. The lowest BCUT2D eigenvalue weighted by molar-refractivity contribution is 0.686. The predicted octanol–water partition coefficient (Wildman–Crippen LogP) is 3.62. The molecule has 3 rings (SSSR count). The van der Waals surface area contributed by atoms with Crippen molar-refractivity contribution >= 4 is 23.4 Å². The normalized spacial score (nSPS) is 17.3. The van der Waals surface area contributed by atoms with E-state index in [0.717, 1.165) is 35.3 Å². The molecule has 1 aromatic carbocycles. The Morgan fingerprint density at radius 3 is 2.84 bits per heavy atom. The Morgan fingerprint density at radius 2 is 2.11 bits per heavy atom. The Morgan fingerprint density at radius 1 is 1.32 bits per heavy atom. The van der Waals surface area contributed by atoms with Crippen LogP contribution < -0.4 is 5.43 Å². The highest BCUT2D eigenvalue weighted by Gasteiger charge is 2.27. The van der Waals surface area contributed by atoms with Crippen LogP contribution in [-0.4, -0.2) is 14.9 Å². The lowest BCUT2D eigenvalue weighted by atomic mass is 10.2. The molecule has 0 radical (unpaired) electrons. The van der Waals surface area contributed by atoms with Crippen LogP contribution in [0.2, 0.25) is 5.02 Å². The van der Waals surface area contributed by atoms with E-state index in [9.17, 15) is 0 Å². The zero-order valence-electron chi connectivity index (χ0n) is 10.6. The van der Waals surface area contributed by atoms with Gasteiger partial charge in [0.1, 0.15) is 5.37 Å². The first-order chi connectivity index (χ1) is 9.28. The molecule has 0 saturated carbocycles. The van der Waals surface area contributed by atoms with Gasteiger partial charge in [-0.2, -0.15) is 0 Å². The number of aryl methyl sites for hydroxylation is 1. The lowest BCUT2D eigenvalue weighted by Crippen LogP contribution is -2.15. The van der Waals surface area contributed by atoms with Gasteiger partial charge >= 0.3 is 0 Å². The van der Waals surface area contributed by atoms with Crippen LogP contribution in [0, 0.1) is 0 Å². The highest BCUT2D eigenvalue weighted by atomic mass is 35.5. The third-order valence-corrected chi connectivity index (χ3v) is 4.44. The molecule has 0 bridgehead atoms. The van der Waals surface area contributed by atoms with E-state index in [-0.39, 0.29) is 5.37 Å². The van der Waals surface area contributed by atoms with E-state index in [1.165, 1.54) is 5.56 Å². The van der Waals surface area contributed by atoms with E-state index in [4.69, 9.17) is 11.6 Å². The molecule has 4 nitrogen and oxygen atoms in total. The maximum atomic E-state index is 5.91. The largest absolute Gasteiger partial charge is 0.304 e. The molecular formula is C13H15ClN4S. The van der Waals surface area contributed by atoms with Crippen LogP contribution in [0.5, 0.6) is 0 Å². The summed E-state index contributed by atoms with van der Waals surface area (Å²) in [5.41, 5.74) is 4.63. The van der Waals surface area contributed by atoms with E-state index in [1.807, 2.05) is 28.9 Å². The summed E-state index contributed by atoms with van der Waals surface area (Å²) in [6, 6.07) is 7.91. The maximum absolute atomic E-state index is 5.91. The molecule has 2 aromatic rings. The summed E-state index contributed by atoms with van der Waals surface area (Å²) < 4.78 is 2.01. The summed E-state index contributed by atoms with van der Waals surface area (Å²) in [5, 5.41) is 10.3. The Balaban J connectivity index is 1.76. The molecule has 0 unspecified atom stereocenters. The average Bonchev–Trinajstić information content (AvgIpc) is 2.98. The van der Waals surface area contributed by atoms with Gasteiger partial charge in [-0.1, -0.05) is 48.8 Å². The van der Waals surface area contributed by atoms with Gasteiger partial charge in [-0.05, 0) is 24.1 Å². The summed E-state index contributed by atoms with van der Waals surface area (Å²) in [7, 11) is 0. The number of rotatable bonds is 4. The summed E-state index contributed by atoms with van der Waals surface area (Å²) in [4.78, 5) is 0. The highest BCUT2D eigenvalue weighted by molar-refractivity contribution is 7.99. The van der Waals surface area contributed by atoms with E-state index < -0.39 is 0 Å². The van der Waals surface area contributed by atoms with Crippen LogP contribution in [0.3, 0.4) is 0 Å². The molecule has 1 N–H and O–H groups in total. The molecule has 0 spiro atoms. The fourth-order valence-electron chi connectivity index (χ4n) is 2.03. The number of nitrogens with zero attached hydrogens (tertiary/aromatic N) is 3. The van der Waals surface area contributed by atoms with Gasteiger partial charge in [-0.15, -0.1) is 10.2 Å². The Kier molecular flexibility index (Phi) is 3.66. The Bertz CT molecular complexity index is 567. The molecule has 0 aliphatic carbocycles. The van der Waals surface area contributed by atoms with E-state index in [2.05, 4.69) is 22.5 Å². The Labute approximate surface area is 121 Å². The number of thioether (sulfide) groups is 1. The molecule has 100 valence electrons. The van der Waals surface area contributed by atoms with Gasteiger partial charge in [0.15, 0.2) is 5.82 Å². The molecule has 1 aromatic heterocycles. The summed E-state index contributed by atoms with van der Waals surface area (Å²) >= 11 is 7.60. The summed E-state index contributed by atoms with van der Waals surface area (Å²) in [6.45, 7) is 2.18. The first-order valence-electron chi connectivity index (χ1n) is 6.41. The monoisotopic (exact) mass is 294 g/mol. The number of unbranched alkanes of at least 4 members (excludes halogenated alkanes) is 1. The molecular weight excluding hydrogens is 280 g/mol. The van der Waals surface area contributed by atoms with Gasteiger partial charge in [0.05, 0.1) is 0 Å². The molecule has 1 atom stereocenters. The molecule has 19 heavy (non-hydrogen) atoms. The maximum Gasteiger partial charge on any atom is 0.212 e. The molecule has 0 fully saturated rings. The number of aromatic nitrogens is 3. The van der Waals surface area contributed by atoms with Crippen LogP contribution in [0.15, 0.2) is 29.4 Å². The first kappa shape index (κ1) is 12.8. The van der Waals surface area contributed by atoms with Gasteiger partial charge < -0.3 is 5.43 Å². The van der Waals surface area contributed by atoms with Gasteiger partial charge in [-0.3, -0.25) is 0 Å². The molecule has 0 saturated heterocycles. The van der Waals surface area contributed by atoms with Gasteiger partial charge in [-0.25, -0.2) is 4.68 Å². The SMILES string of the molecule is CCCCc1nnc2n1N[C@@H](c1ccc(Cl)cc1)S2. The third-order valence-electron chi connectivity index (χ3n) is 3.10. The van der Waals surface area contributed by atoms with E-state index in [1.54, 1.807) is 11.8 Å². The zero-order valence-corrected chi connectivity index (χ0v) is 12.2. The van der Waals surface area contributed by atoms with E-state index >= 15 is 0 Å². The van der Waals surface area contributed by atoms with Crippen LogP contribution in [0.25, 0.3) is 0 Å². The summed E-state index contributed by atoms with van der Waals surface area (Å²) in [5.74, 6) is 1.01. The molecule has 0 amide bonds. The van der Waals surface area contributed by atoms with Crippen molar-refractivity contribution in [2.75, 3.05) is 5.43 Å². The average molecular weight is 295 g/mol. The van der Waals surface area contributed by atoms with Crippen molar-refractivity contribution in [3.63, 3.8) is 0 Å². The van der Waals surface area contributed by atoms with Crippen LogP contribution in [0.1, 0.15) is 36.5 Å². The topological polar surface area (TPSA) is 42.7 Å². The van der Waals surface area contributed by atoms with Crippen molar-refractivity contribution < 1.29 is 0 Å². The van der Waals surface area contributed by atoms with Gasteiger partial charge in [0, 0.05) is 11.4 Å². The molecule has 1 aliphatic heterocycles. The second-order valence-electron chi connectivity index (χ2n) is 4.52. The predicted molar refractivity (Wildman–Crippen MR) is 78.0 cm³/mol. The standard InChI is InChI=1S/C13H15ClN4S/c1-2-3-4-11-15-16-13-18(11)17-12(19-13)9-5-7-10(14)8-6-9/h5-8,12,17H,2-4H2,1H3/t12-/m1/s1. The van der Waals surface area contributed by atoms with Crippen molar-refractivity contribution in [3.05, 3.63) is 40.7 Å². The van der Waals surface area contributed by atoms with Crippen LogP contribution in [0.4, 0.5) is 0 Å². The van der Waals surface area contributed by atoms with Gasteiger partial charge in [0.25, 0.3) is 0 Å². The smallest absolute Gasteiger partial charge is 0.212 e. The third kappa shape index (κ3) is 2.58. The number of halogens is 1. The second kappa shape index (κ2) is 5.43. The number of nitrogens with one attached hydrogen (secondary N) is 1. The summed E-state index contributed by atoms with van der Waals surface area (Å²) in [6.07, 6.45) is 3.26. The highest BCUT2D eigenvalue weighted by Crippen LogP contribution is 2.38. The number of hydrogen-bond acceptors (Lipinski definition) is 4. The lowest BCUT2D eigenvalue weighted by Gasteiger charge is -2.12. The van der Waals surface area contributed by atoms with Crippen molar-refractivity contribution in [1.82, 2.24) is 14.9 Å². The van der Waals surface area contributed by atoms with Gasteiger partial charge in [0.2, 0.25) is 5.16 Å². The number of hydrogen-bond donors (Lipinski definition) is 1. The van der Waals surface area contributed by atoms with Crippen molar-refractivity contribution in [2.45, 2.75) is 36.7 Å². The van der Waals surface area contributed by atoms with E-state index in [0.29, 0.717) is 0 Å². The van der Waals surface area contributed by atoms with Crippen molar-refractivity contribution in [3.8, 4) is 0 Å². The van der Waals surface area contributed by atoms with Crippen LogP contribution in [-0.2, 0) is 6.42 Å². The zero-order chi connectivity index (χ0) is 13.2. The molecule has 6 heteroatoms. The fourth-order valence-corrected chi connectivity index (χ4v) is 3.17. The molecule has 1 aliphatic rings. The van der Waals surface area contributed by atoms with Crippen molar-refractivity contribution in [1.29, 1.82) is 0 Å². The molecule has 2 heterocycles. The van der Waals surface area contributed by atoms with Crippen LogP contribution >= 0.6 is 23.4 Å². The fraction of sp³-hybridized carbons (Fsp3) is 0.385. The Hall–Kier alpha value is -1.20. The minimum absolute atomic E-state index is 0.183.